The van der Waals surface area contributed by atoms with Crippen molar-refractivity contribution in [3.63, 3.8) is 0 Å². The van der Waals surface area contributed by atoms with E-state index in [2.05, 4.69) is 0 Å². The number of fused-ring (bicyclic) bond motifs is 1. The fraction of sp³-hybridized carbons (Fsp3) is 0.714. The summed E-state index contributed by atoms with van der Waals surface area (Å²) >= 11 is 0. The van der Waals surface area contributed by atoms with Gasteiger partial charge in [0.25, 0.3) is 0 Å². The van der Waals surface area contributed by atoms with Gasteiger partial charge in [0.05, 0.1) is 5.92 Å². The number of ether oxygens (including phenoxy) is 2. The Balaban J connectivity index is 1.89. The SMILES string of the molecule is CCC(C)C(=O)OC1CCC2C=CC(=O)OC2C1. The summed E-state index contributed by atoms with van der Waals surface area (Å²) in [6.45, 7) is 3.84. The van der Waals surface area contributed by atoms with Gasteiger partial charge < -0.3 is 9.47 Å². The molecule has 1 aliphatic carbocycles. The van der Waals surface area contributed by atoms with Crippen molar-refractivity contribution in [1.29, 1.82) is 0 Å². The lowest BCUT2D eigenvalue weighted by atomic mass is 9.83. The monoisotopic (exact) mass is 252 g/mol. The number of carbonyl (C=O) groups is 2. The van der Waals surface area contributed by atoms with Crippen LogP contribution < -0.4 is 0 Å². The molecule has 1 fully saturated rings. The maximum Gasteiger partial charge on any atom is 0.330 e. The third-order valence-electron chi connectivity index (χ3n) is 3.84. The van der Waals surface area contributed by atoms with Crippen LogP contribution in [0.1, 0.15) is 39.5 Å². The molecule has 0 saturated heterocycles. The van der Waals surface area contributed by atoms with E-state index in [0.717, 1.165) is 19.3 Å². The van der Waals surface area contributed by atoms with Crippen LogP contribution in [0.25, 0.3) is 0 Å². The number of rotatable bonds is 3. The van der Waals surface area contributed by atoms with Crippen LogP contribution in [0.2, 0.25) is 0 Å². The van der Waals surface area contributed by atoms with Crippen LogP contribution >= 0.6 is 0 Å². The van der Waals surface area contributed by atoms with E-state index in [4.69, 9.17) is 9.47 Å². The van der Waals surface area contributed by atoms with Crippen molar-refractivity contribution in [1.82, 2.24) is 0 Å². The summed E-state index contributed by atoms with van der Waals surface area (Å²) < 4.78 is 10.7. The van der Waals surface area contributed by atoms with Crippen molar-refractivity contribution in [3.8, 4) is 0 Å². The molecule has 0 N–H and O–H groups in total. The third kappa shape index (κ3) is 2.92. The minimum atomic E-state index is -0.287. The first-order valence-corrected chi connectivity index (χ1v) is 6.69. The topological polar surface area (TPSA) is 52.6 Å². The highest BCUT2D eigenvalue weighted by molar-refractivity contribution is 5.83. The molecule has 4 atom stereocenters. The number of esters is 2. The van der Waals surface area contributed by atoms with Crippen molar-refractivity contribution >= 4 is 11.9 Å². The fourth-order valence-corrected chi connectivity index (χ4v) is 2.42. The zero-order valence-electron chi connectivity index (χ0n) is 10.9. The van der Waals surface area contributed by atoms with Gasteiger partial charge in [0.15, 0.2) is 0 Å². The summed E-state index contributed by atoms with van der Waals surface area (Å²) in [4.78, 5) is 22.9. The van der Waals surface area contributed by atoms with Gasteiger partial charge in [-0.1, -0.05) is 19.9 Å². The highest BCUT2D eigenvalue weighted by Gasteiger charge is 2.35. The Kier molecular flexibility index (Phi) is 4.04. The Morgan fingerprint density at radius 2 is 2.33 bits per heavy atom. The summed E-state index contributed by atoms with van der Waals surface area (Å²) in [6.07, 6.45) is 6.37. The first-order valence-electron chi connectivity index (χ1n) is 6.69. The molecule has 1 heterocycles. The zero-order chi connectivity index (χ0) is 13.1. The fourth-order valence-electron chi connectivity index (χ4n) is 2.42. The second-order valence-electron chi connectivity index (χ2n) is 5.18. The molecule has 4 nitrogen and oxygen atoms in total. The van der Waals surface area contributed by atoms with Gasteiger partial charge in [0.2, 0.25) is 0 Å². The molecule has 2 aliphatic rings. The van der Waals surface area contributed by atoms with E-state index in [0.29, 0.717) is 12.3 Å². The van der Waals surface area contributed by atoms with Gasteiger partial charge in [-0.25, -0.2) is 4.79 Å². The molecule has 0 bridgehead atoms. The summed E-state index contributed by atoms with van der Waals surface area (Å²) in [7, 11) is 0. The first-order chi connectivity index (χ1) is 8.60. The van der Waals surface area contributed by atoms with E-state index < -0.39 is 0 Å². The minimum absolute atomic E-state index is 0.0588. The predicted molar refractivity (Wildman–Crippen MR) is 65.7 cm³/mol. The molecule has 4 unspecified atom stereocenters. The Hall–Kier alpha value is -1.32. The van der Waals surface area contributed by atoms with Crippen molar-refractivity contribution in [2.45, 2.75) is 51.7 Å². The van der Waals surface area contributed by atoms with Crippen LogP contribution in [-0.4, -0.2) is 24.1 Å². The van der Waals surface area contributed by atoms with E-state index in [9.17, 15) is 9.59 Å². The second kappa shape index (κ2) is 5.55. The van der Waals surface area contributed by atoms with E-state index in [1.807, 2.05) is 19.9 Å². The standard InChI is InChI=1S/C14H20O4/c1-3-9(2)14(16)17-11-6-4-10-5-7-13(15)18-12(10)8-11/h5,7,9-12H,3-4,6,8H2,1-2H3. The smallest absolute Gasteiger partial charge is 0.330 e. The molecule has 0 aromatic rings. The lowest BCUT2D eigenvalue weighted by Crippen LogP contribution is -2.39. The maximum atomic E-state index is 11.7. The zero-order valence-corrected chi connectivity index (χ0v) is 10.9. The molecule has 0 amide bonds. The van der Waals surface area contributed by atoms with Gasteiger partial charge >= 0.3 is 11.9 Å². The van der Waals surface area contributed by atoms with Crippen LogP contribution in [0.15, 0.2) is 12.2 Å². The predicted octanol–water partition coefficient (Wildman–Crippen LogP) is 2.23. The number of hydrogen-bond donors (Lipinski definition) is 0. The molecule has 0 radical (unpaired) electrons. The third-order valence-corrected chi connectivity index (χ3v) is 3.84. The highest BCUT2D eigenvalue weighted by atomic mass is 16.6. The molecule has 2 rings (SSSR count). The van der Waals surface area contributed by atoms with Gasteiger partial charge in [0.1, 0.15) is 12.2 Å². The van der Waals surface area contributed by atoms with Crippen LogP contribution in [0.4, 0.5) is 0 Å². The molecule has 0 spiro atoms. The van der Waals surface area contributed by atoms with Crippen molar-refractivity contribution < 1.29 is 19.1 Å². The largest absolute Gasteiger partial charge is 0.462 e. The van der Waals surface area contributed by atoms with Crippen LogP contribution in [0.3, 0.4) is 0 Å². The molecule has 4 heteroatoms. The average molecular weight is 252 g/mol. The second-order valence-corrected chi connectivity index (χ2v) is 5.18. The van der Waals surface area contributed by atoms with E-state index >= 15 is 0 Å². The minimum Gasteiger partial charge on any atom is -0.462 e. The van der Waals surface area contributed by atoms with Gasteiger partial charge in [-0.3, -0.25) is 4.79 Å². The lowest BCUT2D eigenvalue weighted by molar-refractivity contribution is -0.162. The molecular formula is C14H20O4. The summed E-state index contributed by atoms with van der Waals surface area (Å²) in [5.41, 5.74) is 0. The molecule has 0 aromatic carbocycles. The number of hydrogen-bond acceptors (Lipinski definition) is 4. The summed E-state index contributed by atoms with van der Waals surface area (Å²) in [5.74, 6) is -0.193. The molecular weight excluding hydrogens is 232 g/mol. The normalized spacial score (nSPS) is 32.3. The Morgan fingerprint density at radius 3 is 3.06 bits per heavy atom. The molecule has 1 saturated carbocycles. The summed E-state index contributed by atoms with van der Waals surface area (Å²) in [5, 5.41) is 0. The molecule has 0 aromatic heterocycles. The van der Waals surface area contributed by atoms with Gasteiger partial charge in [-0.05, 0) is 19.3 Å². The van der Waals surface area contributed by atoms with Gasteiger partial charge in [-0.15, -0.1) is 0 Å². The van der Waals surface area contributed by atoms with Crippen molar-refractivity contribution in [2.24, 2.45) is 11.8 Å². The Labute approximate surface area is 107 Å². The number of carbonyl (C=O) groups excluding carboxylic acids is 2. The van der Waals surface area contributed by atoms with Gasteiger partial charge in [-0.2, -0.15) is 0 Å². The maximum absolute atomic E-state index is 11.7. The Morgan fingerprint density at radius 1 is 1.56 bits per heavy atom. The van der Waals surface area contributed by atoms with E-state index in [1.54, 1.807) is 0 Å². The molecule has 1 aliphatic heterocycles. The van der Waals surface area contributed by atoms with Gasteiger partial charge in [0, 0.05) is 18.4 Å². The Bertz CT molecular complexity index is 361. The van der Waals surface area contributed by atoms with E-state index in [-0.39, 0.29) is 30.1 Å². The molecule has 18 heavy (non-hydrogen) atoms. The quantitative estimate of drug-likeness (QED) is 0.723. The van der Waals surface area contributed by atoms with Crippen LogP contribution in [0, 0.1) is 11.8 Å². The lowest BCUT2D eigenvalue weighted by Gasteiger charge is -2.35. The van der Waals surface area contributed by atoms with Crippen LogP contribution in [-0.2, 0) is 19.1 Å². The van der Waals surface area contributed by atoms with Crippen molar-refractivity contribution in [2.75, 3.05) is 0 Å². The van der Waals surface area contributed by atoms with Crippen molar-refractivity contribution in [3.05, 3.63) is 12.2 Å². The average Bonchev–Trinajstić information content (AvgIpc) is 2.37. The highest BCUT2D eigenvalue weighted by Crippen LogP contribution is 2.32. The molecule has 100 valence electrons. The van der Waals surface area contributed by atoms with Crippen LogP contribution in [0.5, 0.6) is 0 Å². The van der Waals surface area contributed by atoms with E-state index in [1.165, 1.54) is 6.08 Å². The summed E-state index contributed by atoms with van der Waals surface area (Å²) in [6, 6.07) is 0. The first kappa shape index (κ1) is 13.1.